The van der Waals surface area contributed by atoms with E-state index in [1.807, 2.05) is 0 Å². The van der Waals surface area contributed by atoms with Gasteiger partial charge in [-0.05, 0) is 32.6 Å². The van der Waals surface area contributed by atoms with Gasteiger partial charge in [0.05, 0.1) is 5.60 Å². The van der Waals surface area contributed by atoms with Gasteiger partial charge in [-0.15, -0.1) is 0 Å². The fourth-order valence-electron chi connectivity index (χ4n) is 2.34. The lowest BCUT2D eigenvalue weighted by Gasteiger charge is -2.36. The van der Waals surface area contributed by atoms with Crippen LogP contribution in [0.25, 0.3) is 0 Å². The molecule has 0 bridgehead atoms. The van der Waals surface area contributed by atoms with Gasteiger partial charge in [-0.3, -0.25) is 4.79 Å². The second kappa shape index (κ2) is 5.36. The Morgan fingerprint density at radius 2 is 2.24 bits per heavy atom. The Morgan fingerprint density at radius 1 is 1.59 bits per heavy atom. The predicted molar refractivity (Wildman–Crippen MR) is 66.7 cm³/mol. The monoisotopic (exact) mass is 243 g/mol. The van der Waals surface area contributed by atoms with Crippen molar-refractivity contribution < 1.29 is 14.6 Å². The summed E-state index contributed by atoms with van der Waals surface area (Å²) in [7, 11) is 1.51. The molecule has 0 aromatic carbocycles. The molecule has 4 heteroatoms. The lowest BCUT2D eigenvalue weighted by atomic mass is 9.79. The van der Waals surface area contributed by atoms with Crippen LogP contribution >= 0.6 is 0 Å². The predicted octanol–water partition coefficient (Wildman–Crippen LogP) is 1.47. The van der Waals surface area contributed by atoms with Crippen molar-refractivity contribution in [3.8, 4) is 0 Å². The van der Waals surface area contributed by atoms with E-state index < -0.39 is 11.2 Å². The van der Waals surface area contributed by atoms with Gasteiger partial charge in [0.1, 0.15) is 5.60 Å². The van der Waals surface area contributed by atoms with Gasteiger partial charge in [0, 0.05) is 13.7 Å². The SMILES string of the molecule is COC(C)(C)C(=O)NCC1(O)CCCC(C)C1. The van der Waals surface area contributed by atoms with Crippen molar-refractivity contribution in [2.45, 2.75) is 57.7 Å². The molecule has 4 nitrogen and oxygen atoms in total. The molecule has 0 radical (unpaired) electrons. The molecule has 1 aliphatic carbocycles. The Balaban J connectivity index is 2.47. The molecule has 2 unspecified atom stereocenters. The Bertz CT molecular complexity index is 278. The van der Waals surface area contributed by atoms with Crippen LogP contribution in [0, 0.1) is 5.92 Å². The van der Waals surface area contributed by atoms with Crippen LogP contribution in [0.1, 0.15) is 46.5 Å². The highest BCUT2D eigenvalue weighted by Gasteiger charge is 2.35. The van der Waals surface area contributed by atoms with E-state index in [0.717, 1.165) is 19.3 Å². The van der Waals surface area contributed by atoms with Crippen molar-refractivity contribution in [1.82, 2.24) is 5.32 Å². The van der Waals surface area contributed by atoms with Crippen molar-refractivity contribution in [1.29, 1.82) is 0 Å². The van der Waals surface area contributed by atoms with E-state index in [2.05, 4.69) is 12.2 Å². The standard InChI is InChI=1S/C13H25NO3/c1-10-6-5-7-13(16,8-10)9-14-11(15)12(2,3)17-4/h10,16H,5-9H2,1-4H3,(H,14,15). The number of nitrogens with one attached hydrogen (secondary N) is 1. The van der Waals surface area contributed by atoms with Crippen molar-refractivity contribution >= 4 is 5.91 Å². The third kappa shape index (κ3) is 3.96. The summed E-state index contributed by atoms with van der Waals surface area (Å²) in [6.07, 6.45) is 3.73. The van der Waals surface area contributed by atoms with Crippen LogP contribution in [-0.4, -0.2) is 35.9 Å². The van der Waals surface area contributed by atoms with E-state index in [1.54, 1.807) is 13.8 Å². The van der Waals surface area contributed by atoms with Crippen LogP contribution in [0.5, 0.6) is 0 Å². The van der Waals surface area contributed by atoms with Gasteiger partial charge in [-0.2, -0.15) is 0 Å². The van der Waals surface area contributed by atoms with Crippen molar-refractivity contribution in [3.05, 3.63) is 0 Å². The maximum absolute atomic E-state index is 11.8. The summed E-state index contributed by atoms with van der Waals surface area (Å²) in [5.74, 6) is 0.354. The minimum atomic E-state index is -0.837. The smallest absolute Gasteiger partial charge is 0.251 e. The molecule has 0 spiro atoms. The largest absolute Gasteiger partial charge is 0.388 e. The minimum Gasteiger partial charge on any atom is -0.388 e. The number of ether oxygens (including phenoxy) is 1. The average Bonchev–Trinajstić information content (AvgIpc) is 2.25. The normalized spacial score (nSPS) is 30.1. The van der Waals surface area contributed by atoms with Crippen molar-refractivity contribution in [2.75, 3.05) is 13.7 Å². The highest BCUT2D eigenvalue weighted by molar-refractivity contribution is 5.84. The molecule has 1 saturated carbocycles. The number of hydrogen-bond acceptors (Lipinski definition) is 3. The molecule has 100 valence electrons. The van der Waals surface area contributed by atoms with Crippen LogP contribution in [0.15, 0.2) is 0 Å². The first-order chi connectivity index (χ1) is 7.79. The van der Waals surface area contributed by atoms with Crippen molar-refractivity contribution in [3.63, 3.8) is 0 Å². The molecule has 1 amide bonds. The maximum Gasteiger partial charge on any atom is 0.251 e. The highest BCUT2D eigenvalue weighted by Crippen LogP contribution is 2.31. The van der Waals surface area contributed by atoms with E-state index in [4.69, 9.17) is 4.74 Å². The van der Waals surface area contributed by atoms with Crippen LogP contribution < -0.4 is 5.32 Å². The molecule has 1 aliphatic rings. The first-order valence-corrected chi connectivity index (χ1v) is 6.35. The second-order valence-electron chi connectivity index (χ2n) is 5.82. The quantitative estimate of drug-likeness (QED) is 0.786. The molecular weight excluding hydrogens is 218 g/mol. The summed E-state index contributed by atoms with van der Waals surface area (Å²) in [6.45, 7) is 5.90. The van der Waals surface area contributed by atoms with Crippen LogP contribution in [0.4, 0.5) is 0 Å². The van der Waals surface area contributed by atoms with E-state index >= 15 is 0 Å². The van der Waals surface area contributed by atoms with Gasteiger partial charge >= 0.3 is 0 Å². The number of carbonyl (C=O) groups excluding carboxylic acids is 1. The Labute approximate surface area is 104 Å². The van der Waals surface area contributed by atoms with Gasteiger partial charge in [-0.1, -0.05) is 19.8 Å². The fraction of sp³-hybridized carbons (Fsp3) is 0.923. The number of amides is 1. The molecule has 0 aromatic heterocycles. The number of methoxy groups -OCH3 is 1. The average molecular weight is 243 g/mol. The molecule has 0 heterocycles. The molecule has 0 aromatic rings. The van der Waals surface area contributed by atoms with Gasteiger partial charge in [0.15, 0.2) is 0 Å². The van der Waals surface area contributed by atoms with E-state index in [0.29, 0.717) is 12.5 Å². The zero-order valence-corrected chi connectivity index (χ0v) is 11.4. The lowest BCUT2D eigenvalue weighted by Crippen LogP contribution is -2.51. The van der Waals surface area contributed by atoms with Gasteiger partial charge in [0.2, 0.25) is 0 Å². The summed E-state index contributed by atoms with van der Waals surface area (Å²) in [6, 6.07) is 0. The molecule has 17 heavy (non-hydrogen) atoms. The van der Waals surface area contributed by atoms with Gasteiger partial charge in [0.25, 0.3) is 5.91 Å². The third-order valence-corrected chi connectivity index (χ3v) is 3.70. The first-order valence-electron chi connectivity index (χ1n) is 6.35. The third-order valence-electron chi connectivity index (χ3n) is 3.70. The van der Waals surface area contributed by atoms with Gasteiger partial charge in [-0.25, -0.2) is 0 Å². The summed E-state index contributed by atoms with van der Waals surface area (Å²) >= 11 is 0. The Morgan fingerprint density at radius 3 is 2.76 bits per heavy atom. The van der Waals surface area contributed by atoms with Crippen LogP contribution in [0.2, 0.25) is 0 Å². The Kier molecular flexibility index (Phi) is 4.55. The van der Waals surface area contributed by atoms with E-state index in [-0.39, 0.29) is 5.91 Å². The summed E-state index contributed by atoms with van der Waals surface area (Å²) in [4.78, 5) is 11.8. The van der Waals surface area contributed by atoms with E-state index in [9.17, 15) is 9.90 Å². The number of hydrogen-bond donors (Lipinski definition) is 2. The number of carbonyl (C=O) groups is 1. The molecule has 1 rings (SSSR count). The lowest BCUT2D eigenvalue weighted by molar-refractivity contribution is -0.141. The second-order valence-corrected chi connectivity index (χ2v) is 5.82. The summed E-state index contributed by atoms with van der Waals surface area (Å²) in [5, 5.41) is 13.2. The molecular formula is C13H25NO3. The molecule has 1 fully saturated rings. The van der Waals surface area contributed by atoms with Crippen LogP contribution in [0.3, 0.4) is 0 Å². The fourth-order valence-corrected chi connectivity index (χ4v) is 2.34. The van der Waals surface area contributed by atoms with Crippen LogP contribution in [-0.2, 0) is 9.53 Å². The zero-order valence-electron chi connectivity index (χ0n) is 11.4. The van der Waals surface area contributed by atoms with E-state index in [1.165, 1.54) is 13.5 Å². The van der Waals surface area contributed by atoms with Crippen molar-refractivity contribution in [2.24, 2.45) is 5.92 Å². The molecule has 2 N–H and O–H groups in total. The number of rotatable bonds is 4. The topological polar surface area (TPSA) is 58.6 Å². The Hall–Kier alpha value is -0.610. The maximum atomic E-state index is 11.8. The van der Waals surface area contributed by atoms with Gasteiger partial charge < -0.3 is 15.2 Å². The molecule has 0 saturated heterocycles. The zero-order chi connectivity index (χ0) is 13.1. The first kappa shape index (κ1) is 14.5. The minimum absolute atomic E-state index is 0.174. The summed E-state index contributed by atoms with van der Waals surface area (Å²) < 4.78 is 5.10. The summed E-state index contributed by atoms with van der Waals surface area (Å²) in [5.41, 5.74) is -1.58. The molecule has 0 aliphatic heterocycles. The highest BCUT2D eigenvalue weighted by atomic mass is 16.5. The number of aliphatic hydroxyl groups is 1. The molecule has 2 atom stereocenters.